The Bertz CT molecular complexity index is 1480. The molecule has 2 N–H and O–H groups in total. The van der Waals surface area contributed by atoms with Crippen LogP contribution in [0.3, 0.4) is 0 Å². The minimum absolute atomic E-state index is 0.217. The van der Waals surface area contributed by atoms with Crippen LogP contribution >= 0.6 is 0 Å². The van der Waals surface area contributed by atoms with Crippen molar-refractivity contribution >= 4 is 11.4 Å². The van der Waals surface area contributed by atoms with E-state index in [-0.39, 0.29) is 12.1 Å². The van der Waals surface area contributed by atoms with Gasteiger partial charge < -0.3 is 5.73 Å². The lowest BCUT2D eigenvalue weighted by Gasteiger charge is -2.09. The molecular formula is C25H19N5O2. The Hall–Kier alpha value is -4.52. The highest BCUT2D eigenvalue weighted by Gasteiger charge is 2.18. The topological polar surface area (TPSA) is 95.3 Å². The number of nitrogens with two attached hydrogens (primary N) is 1. The summed E-state index contributed by atoms with van der Waals surface area (Å²) < 4.78 is 3.23. The summed E-state index contributed by atoms with van der Waals surface area (Å²) in [5, 5.41) is 9.43. The van der Waals surface area contributed by atoms with Crippen LogP contribution in [-0.4, -0.2) is 25.3 Å². The summed E-state index contributed by atoms with van der Waals surface area (Å²) in [6.45, 7) is 0.269. The van der Waals surface area contributed by atoms with E-state index in [1.807, 2.05) is 59.2 Å². The van der Waals surface area contributed by atoms with Crippen LogP contribution in [0.4, 0.5) is 0 Å². The van der Waals surface area contributed by atoms with E-state index in [1.54, 1.807) is 30.3 Å². The van der Waals surface area contributed by atoms with Crippen molar-refractivity contribution in [2.24, 2.45) is 5.73 Å². The fourth-order valence-corrected chi connectivity index (χ4v) is 3.69. The Morgan fingerprint density at radius 1 is 0.844 bits per heavy atom. The number of pyridine rings is 1. The van der Waals surface area contributed by atoms with Crippen LogP contribution in [0.2, 0.25) is 0 Å². The molecule has 7 heteroatoms. The lowest BCUT2D eigenvalue weighted by molar-refractivity contribution is 0.100. The lowest BCUT2D eigenvalue weighted by Crippen LogP contribution is -2.23. The van der Waals surface area contributed by atoms with E-state index in [0.29, 0.717) is 11.3 Å². The first kappa shape index (κ1) is 19.4. The number of hydrogen-bond donors (Lipinski definition) is 1. The Balaban J connectivity index is 1.62. The third-order valence-electron chi connectivity index (χ3n) is 5.28. The minimum Gasteiger partial charge on any atom is -0.366 e. The van der Waals surface area contributed by atoms with E-state index in [9.17, 15) is 9.59 Å². The monoisotopic (exact) mass is 421 g/mol. The molecule has 2 aromatic carbocycles. The SMILES string of the molecule is NC(=O)c1ccc(Cn2nc(-c3c(-c4ccccc4)nn4ccccc34)ccc2=O)cc1. The van der Waals surface area contributed by atoms with Crippen LogP contribution in [0.15, 0.2) is 95.9 Å². The molecule has 0 aliphatic heterocycles. The third kappa shape index (κ3) is 3.56. The normalized spacial score (nSPS) is 11.0. The number of aromatic nitrogens is 4. The third-order valence-corrected chi connectivity index (χ3v) is 5.28. The summed E-state index contributed by atoms with van der Waals surface area (Å²) in [5.74, 6) is -0.490. The summed E-state index contributed by atoms with van der Waals surface area (Å²) in [6, 6.07) is 25.8. The summed E-state index contributed by atoms with van der Waals surface area (Å²) in [5.41, 5.74) is 10.5. The van der Waals surface area contributed by atoms with Gasteiger partial charge in [-0.25, -0.2) is 9.20 Å². The molecule has 0 atom stereocenters. The molecule has 5 rings (SSSR count). The van der Waals surface area contributed by atoms with Gasteiger partial charge in [0, 0.05) is 23.4 Å². The Morgan fingerprint density at radius 2 is 1.59 bits per heavy atom. The van der Waals surface area contributed by atoms with Crippen molar-refractivity contribution in [3.63, 3.8) is 0 Å². The predicted molar refractivity (Wildman–Crippen MR) is 122 cm³/mol. The maximum Gasteiger partial charge on any atom is 0.267 e. The fourth-order valence-electron chi connectivity index (χ4n) is 3.69. The van der Waals surface area contributed by atoms with Gasteiger partial charge in [-0.05, 0) is 35.9 Å². The van der Waals surface area contributed by atoms with Crippen LogP contribution in [0.1, 0.15) is 15.9 Å². The number of carbonyl (C=O) groups excluding carboxylic acids is 1. The zero-order chi connectivity index (χ0) is 22.1. The molecule has 0 bridgehead atoms. The molecule has 0 saturated carbocycles. The average Bonchev–Trinajstić information content (AvgIpc) is 3.21. The number of carbonyl (C=O) groups is 1. The molecule has 1 amide bonds. The van der Waals surface area contributed by atoms with Gasteiger partial charge in [0.25, 0.3) is 5.56 Å². The zero-order valence-corrected chi connectivity index (χ0v) is 17.1. The largest absolute Gasteiger partial charge is 0.366 e. The van der Waals surface area contributed by atoms with Gasteiger partial charge in [-0.15, -0.1) is 0 Å². The summed E-state index contributed by atoms with van der Waals surface area (Å²) in [4.78, 5) is 23.8. The van der Waals surface area contributed by atoms with Crippen LogP contribution in [0, 0.1) is 0 Å². The quantitative estimate of drug-likeness (QED) is 0.471. The molecule has 3 aromatic heterocycles. The van der Waals surface area contributed by atoms with Crippen molar-refractivity contribution < 1.29 is 4.79 Å². The van der Waals surface area contributed by atoms with E-state index in [2.05, 4.69) is 5.10 Å². The molecule has 0 aliphatic carbocycles. The molecule has 5 aromatic rings. The van der Waals surface area contributed by atoms with Gasteiger partial charge in [0.2, 0.25) is 5.91 Å². The first-order valence-electron chi connectivity index (χ1n) is 10.1. The van der Waals surface area contributed by atoms with Crippen molar-refractivity contribution in [1.29, 1.82) is 0 Å². The molecule has 0 radical (unpaired) electrons. The highest BCUT2D eigenvalue weighted by atomic mass is 16.1. The van der Waals surface area contributed by atoms with E-state index < -0.39 is 5.91 Å². The minimum atomic E-state index is -0.490. The van der Waals surface area contributed by atoms with E-state index in [0.717, 1.165) is 27.9 Å². The number of rotatable bonds is 5. The van der Waals surface area contributed by atoms with Crippen LogP contribution in [-0.2, 0) is 6.54 Å². The summed E-state index contributed by atoms with van der Waals surface area (Å²) >= 11 is 0. The summed E-state index contributed by atoms with van der Waals surface area (Å²) in [6.07, 6.45) is 1.89. The maximum atomic E-state index is 12.5. The second-order valence-corrected chi connectivity index (χ2v) is 7.40. The van der Waals surface area contributed by atoms with Crippen molar-refractivity contribution in [3.8, 4) is 22.5 Å². The lowest BCUT2D eigenvalue weighted by atomic mass is 10.0. The Kier molecular flexibility index (Phi) is 4.84. The molecule has 0 aliphatic rings. The van der Waals surface area contributed by atoms with Crippen molar-refractivity contribution in [1.82, 2.24) is 19.4 Å². The number of hydrogen-bond acceptors (Lipinski definition) is 4. The zero-order valence-electron chi connectivity index (χ0n) is 17.1. The molecule has 0 saturated heterocycles. The highest BCUT2D eigenvalue weighted by molar-refractivity contribution is 5.92. The number of nitrogens with zero attached hydrogens (tertiary/aromatic N) is 4. The molecule has 156 valence electrons. The molecular weight excluding hydrogens is 402 g/mol. The molecule has 3 heterocycles. The average molecular weight is 421 g/mol. The standard InChI is InChI=1S/C25H19N5O2/c26-25(32)19-11-9-17(10-12-19)16-30-22(31)14-13-20(27-30)23-21-8-4-5-15-29(21)28-24(23)18-6-2-1-3-7-18/h1-15H,16H2,(H2,26,32). The Morgan fingerprint density at radius 3 is 2.34 bits per heavy atom. The molecule has 0 unspecified atom stereocenters. The van der Waals surface area contributed by atoms with Crippen molar-refractivity contribution in [3.05, 3.63) is 113 Å². The first-order chi connectivity index (χ1) is 15.6. The second kappa shape index (κ2) is 7.96. The van der Waals surface area contributed by atoms with Crippen molar-refractivity contribution in [2.45, 2.75) is 6.54 Å². The van der Waals surface area contributed by atoms with Gasteiger partial charge in [0.15, 0.2) is 0 Å². The second-order valence-electron chi connectivity index (χ2n) is 7.40. The van der Waals surface area contributed by atoms with Gasteiger partial charge in [-0.3, -0.25) is 9.59 Å². The maximum absolute atomic E-state index is 12.5. The van der Waals surface area contributed by atoms with Gasteiger partial charge >= 0.3 is 0 Å². The van der Waals surface area contributed by atoms with Crippen LogP contribution in [0.5, 0.6) is 0 Å². The van der Waals surface area contributed by atoms with E-state index >= 15 is 0 Å². The van der Waals surface area contributed by atoms with Crippen LogP contribution < -0.4 is 11.3 Å². The van der Waals surface area contributed by atoms with Gasteiger partial charge in [0.1, 0.15) is 5.69 Å². The number of amides is 1. The molecule has 32 heavy (non-hydrogen) atoms. The number of fused-ring (bicyclic) bond motifs is 1. The summed E-state index contributed by atoms with van der Waals surface area (Å²) in [7, 11) is 0. The van der Waals surface area contributed by atoms with E-state index in [1.165, 1.54) is 10.7 Å². The molecule has 7 nitrogen and oxygen atoms in total. The number of benzene rings is 2. The highest BCUT2D eigenvalue weighted by Crippen LogP contribution is 2.33. The molecule has 0 fully saturated rings. The van der Waals surface area contributed by atoms with Gasteiger partial charge in [-0.2, -0.15) is 10.2 Å². The van der Waals surface area contributed by atoms with Crippen LogP contribution in [0.25, 0.3) is 28.0 Å². The predicted octanol–water partition coefficient (Wildman–Crippen LogP) is 3.37. The molecule has 0 spiro atoms. The van der Waals surface area contributed by atoms with Crippen molar-refractivity contribution in [2.75, 3.05) is 0 Å². The Labute approximate surface area is 183 Å². The fraction of sp³-hybridized carbons (Fsp3) is 0.0400. The van der Waals surface area contributed by atoms with Gasteiger partial charge in [-0.1, -0.05) is 48.5 Å². The first-order valence-corrected chi connectivity index (χ1v) is 10.1. The smallest absolute Gasteiger partial charge is 0.267 e. The van der Waals surface area contributed by atoms with E-state index in [4.69, 9.17) is 10.8 Å². The van der Waals surface area contributed by atoms with Gasteiger partial charge in [0.05, 0.1) is 23.3 Å². The number of primary amides is 1.